The molecule has 0 N–H and O–H groups in total. The van der Waals surface area contributed by atoms with Gasteiger partial charge in [-0.05, 0) is 78.9 Å². The van der Waals surface area contributed by atoms with Gasteiger partial charge in [0.15, 0.2) is 23.3 Å². The predicted molar refractivity (Wildman–Crippen MR) is 152 cm³/mol. The van der Waals surface area contributed by atoms with Crippen molar-refractivity contribution in [2.45, 2.75) is 25.9 Å². The molecule has 0 aliphatic carbocycles. The van der Waals surface area contributed by atoms with Crippen molar-refractivity contribution in [3.63, 3.8) is 0 Å². The van der Waals surface area contributed by atoms with Crippen molar-refractivity contribution >= 4 is 0 Å². The van der Waals surface area contributed by atoms with E-state index in [0.717, 1.165) is 30.2 Å². The third kappa shape index (κ3) is 6.75. The van der Waals surface area contributed by atoms with Crippen LogP contribution in [0.1, 0.15) is 24.5 Å². The summed E-state index contributed by atoms with van der Waals surface area (Å²) < 4.78 is 134. The Morgan fingerprint density at radius 2 is 1.17 bits per heavy atom. The molecule has 1 aromatic heterocycles. The van der Waals surface area contributed by atoms with Crippen molar-refractivity contribution in [3.8, 4) is 39.4 Å². The van der Waals surface area contributed by atoms with Crippen molar-refractivity contribution in [1.82, 2.24) is 9.97 Å². The summed E-state index contributed by atoms with van der Waals surface area (Å²) >= 11 is 0. The van der Waals surface area contributed by atoms with Crippen LogP contribution in [0.5, 0.6) is 5.75 Å². The van der Waals surface area contributed by atoms with Gasteiger partial charge in [-0.1, -0.05) is 24.3 Å². The van der Waals surface area contributed by atoms with E-state index in [2.05, 4.69) is 14.7 Å². The molecule has 0 atom stereocenters. The molecule has 3 nitrogen and oxygen atoms in total. The van der Waals surface area contributed by atoms with Crippen molar-refractivity contribution in [3.05, 3.63) is 137 Å². The van der Waals surface area contributed by atoms with Crippen LogP contribution in [0.2, 0.25) is 0 Å². The second-order valence-electron chi connectivity index (χ2n) is 10.0. The molecule has 46 heavy (non-hydrogen) atoms. The molecule has 5 rings (SSSR count). The maximum atomic E-state index is 15.1. The maximum absolute atomic E-state index is 15.1. The molecule has 0 amide bonds. The molecule has 0 radical (unpaired) electrons. The van der Waals surface area contributed by atoms with Crippen LogP contribution in [-0.2, 0) is 12.5 Å². The Hall–Kier alpha value is -5.13. The standard InChI is InChI=1S/C34H21F9N2O/c1-2-3-4-5-18-16-44-33(45-17-18)19-6-8-23(25(35)10-19)20-11-27(37)31(28(38)12-20)34(42,43)46-22-7-9-24(26(36)15-22)21-13-29(39)32(41)30(40)14-21/h2-3,6-17H,4-5H2,1H3/b3-2+. The minimum Gasteiger partial charge on any atom is -0.429 e. The first-order chi connectivity index (χ1) is 21.9. The number of rotatable bonds is 9. The molecule has 0 aliphatic rings. The van der Waals surface area contributed by atoms with Crippen LogP contribution >= 0.6 is 0 Å². The lowest BCUT2D eigenvalue weighted by atomic mass is 10.00. The van der Waals surface area contributed by atoms with Gasteiger partial charge in [0.05, 0.1) is 0 Å². The van der Waals surface area contributed by atoms with E-state index in [0.29, 0.717) is 36.8 Å². The van der Waals surface area contributed by atoms with Crippen LogP contribution in [-0.4, -0.2) is 9.97 Å². The molecule has 12 heteroatoms. The molecule has 0 unspecified atom stereocenters. The highest BCUT2D eigenvalue weighted by molar-refractivity contribution is 5.69. The molecular weight excluding hydrogens is 623 g/mol. The molecule has 0 spiro atoms. The summed E-state index contributed by atoms with van der Waals surface area (Å²) in [7, 11) is 0. The number of hydrogen-bond acceptors (Lipinski definition) is 3. The third-order valence-corrected chi connectivity index (χ3v) is 6.89. The Balaban J connectivity index is 1.37. The normalized spacial score (nSPS) is 11.8. The topological polar surface area (TPSA) is 35.0 Å². The third-order valence-electron chi connectivity index (χ3n) is 6.89. The van der Waals surface area contributed by atoms with Crippen molar-refractivity contribution in [1.29, 1.82) is 0 Å². The van der Waals surface area contributed by atoms with E-state index in [9.17, 15) is 35.1 Å². The van der Waals surface area contributed by atoms with Crippen LogP contribution in [0.4, 0.5) is 39.5 Å². The van der Waals surface area contributed by atoms with Gasteiger partial charge in [-0.15, -0.1) is 0 Å². The average Bonchev–Trinajstić information content (AvgIpc) is 2.99. The second kappa shape index (κ2) is 13.1. The van der Waals surface area contributed by atoms with E-state index in [1.807, 2.05) is 19.1 Å². The highest BCUT2D eigenvalue weighted by Crippen LogP contribution is 2.39. The number of halogens is 9. The van der Waals surface area contributed by atoms with Crippen molar-refractivity contribution < 1.29 is 44.3 Å². The number of benzene rings is 4. The van der Waals surface area contributed by atoms with Gasteiger partial charge in [0.2, 0.25) is 0 Å². The lowest BCUT2D eigenvalue weighted by Crippen LogP contribution is -2.25. The molecule has 0 aliphatic heterocycles. The summed E-state index contributed by atoms with van der Waals surface area (Å²) in [6, 6.07) is 7.56. The van der Waals surface area contributed by atoms with E-state index >= 15 is 4.39 Å². The van der Waals surface area contributed by atoms with Crippen LogP contribution in [0, 0.1) is 40.7 Å². The second-order valence-corrected chi connectivity index (χ2v) is 10.0. The molecule has 4 aromatic carbocycles. The minimum absolute atomic E-state index is 0.200. The van der Waals surface area contributed by atoms with Gasteiger partial charge < -0.3 is 4.74 Å². The zero-order chi connectivity index (χ0) is 33.2. The van der Waals surface area contributed by atoms with Gasteiger partial charge in [-0.3, -0.25) is 0 Å². The molecule has 0 bridgehead atoms. The van der Waals surface area contributed by atoms with Crippen molar-refractivity contribution in [2.24, 2.45) is 0 Å². The van der Waals surface area contributed by atoms with Gasteiger partial charge in [-0.25, -0.2) is 40.7 Å². The lowest BCUT2D eigenvalue weighted by molar-refractivity contribution is -0.189. The largest absolute Gasteiger partial charge is 0.432 e. The van der Waals surface area contributed by atoms with Gasteiger partial charge in [0, 0.05) is 35.2 Å². The highest BCUT2D eigenvalue weighted by Gasteiger charge is 2.41. The summed E-state index contributed by atoms with van der Waals surface area (Å²) in [5.41, 5.74) is -2.32. The average molecular weight is 645 g/mol. The van der Waals surface area contributed by atoms with Crippen LogP contribution < -0.4 is 4.74 Å². The molecular formula is C34H21F9N2O. The fourth-order valence-electron chi connectivity index (χ4n) is 4.65. The molecule has 0 saturated carbocycles. The molecule has 0 fully saturated rings. The summed E-state index contributed by atoms with van der Waals surface area (Å²) in [6.07, 6.45) is 3.92. The fourth-order valence-corrected chi connectivity index (χ4v) is 4.65. The number of nitrogens with zero attached hydrogens (tertiary/aromatic N) is 2. The first kappa shape index (κ1) is 32.3. The van der Waals surface area contributed by atoms with E-state index in [1.54, 1.807) is 12.4 Å². The number of aromatic nitrogens is 2. The predicted octanol–water partition coefficient (Wildman–Crippen LogP) is 10.1. The van der Waals surface area contributed by atoms with E-state index in [4.69, 9.17) is 0 Å². The zero-order valence-electron chi connectivity index (χ0n) is 23.7. The SMILES string of the molecule is C/C=C/CCc1cnc(-c2ccc(-c3cc(F)c(C(F)(F)Oc4ccc(-c5cc(F)c(F)c(F)c5)c(F)c4)c(F)c3)c(F)c2)nc1. The van der Waals surface area contributed by atoms with E-state index < -0.39 is 74.8 Å². The minimum atomic E-state index is -4.69. The van der Waals surface area contributed by atoms with Crippen LogP contribution in [0.15, 0.2) is 85.2 Å². The van der Waals surface area contributed by atoms with Crippen LogP contribution in [0.25, 0.3) is 33.6 Å². The smallest absolute Gasteiger partial charge is 0.429 e. The molecule has 236 valence electrons. The molecule has 1 heterocycles. The Morgan fingerprint density at radius 3 is 1.72 bits per heavy atom. The summed E-state index contributed by atoms with van der Waals surface area (Å²) in [4.78, 5) is 8.44. The van der Waals surface area contributed by atoms with Gasteiger partial charge in [0.25, 0.3) is 0 Å². The van der Waals surface area contributed by atoms with Gasteiger partial charge >= 0.3 is 6.11 Å². The monoisotopic (exact) mass is 644 g/mol. The summed E-state index contributed by atoms with van der Waals surface area (Å²) in [5.74, 6) is -11.5. The fraction of sp³-hybridized carbons (Fsp3) is 0.118. The number of allylic oxidation sites excluding steroid dienone is 2. The number of hydrogen-bond donors (Lipinski definition) is 0. The van der Waals surface area contributed by atoms with Crippen LogP contribution in [0.3, 0.4) is 0 Å². The number of ether oxygens (including phenoxy) is 1. The van der Waals surface area contributed by atoms with E-state index in [1.165, 1.54) is 12.1 Å². The first-order valence-corrected chi connectivity index (χ1v) is 13.6. The Kier molecular flexibility index (Phi) is 9.17. The van der Waals surface area contributed by atoms with Crippen molar-refractivity contribution in [2.75, 3.05) is 0 Å². The Morgan fingerprint density at radius 1 is 0.652 bits per heavy atom. The zero-order valence-corrected chi connectivity index (χ0v) is 23.7. The summed E-state index contributed by atoms with van der Waals surface area (Å²) in [5, 5.41) is 0. The van der Waals surface area contributed by atoms with Gasteiger partial charge in [0.1, 0.15) is 34.6 Å². The number of aryl methyl sites for hydroxylation is 1. The number of alkyl halides is 2. The molecule has 5 aromatic rings. The molecule has 0 saturated heterocycles. The van der Waals surface area contributed by atoms with E-state index in [-0.39, 0.29) is 17.0 Å². The maximum Gasteiger partial charge on any atom is 0.432 e. The Bertz CT molecular complexity index is 1900. The summed E-state index contributed by atoms with van der Waals surface area (Å²) in [6.45, 7) is 1.90. The van der Waals surface area contributed by atoms with Gasteiger partial charge in [-0.2, -0.15) is 8.78 Å². The first-order valence-electron chi connectivity index (χ1n) is 13.6. The quantitative estimate of drug-likeness (QED) is 0.0910. The lowest BCUT2D eigenvalue weighted by Gasteiger charge is -2.20. The Labute approximate surface area is 256 Å². The highest BCUT2D eigenvalue weighted by atomic mass is 19.3.